The van der Waals surface area contributed by atoms with Crippen molar-refractivity contribution < 1.29 is 202 Å². The fraction of sp³-hybridized carbons (Fsp3) is 1.00. The Balaban J connectivity index is 9.70. The highest BCUT2D eigenvalue weighted by molar-refractivity contribution is 7.67. The molecular weight excluding hydrogens is 1150 g/mol. The first-order valence-corrected chi connectivity index (χ1v) is 15.6. The Bertz CT molecular complexity index is 1680. The number of hydrogen-bond acceptors (Lipinski definition) is 1. The predicted molar refractivity (Wildman–Crippen MR) is 115 cm³/mol. The SMILES string of the molecule is O=P(C(F)(F)C(F)(F)C(F)(F)C(F)(F)C(F)(F)C(F)(F)C(F)(F)F)(C(F)(F)C(F)(F)C(F)(F)C(F)(F)C(F)(F)C(F)(F)C(F)(F)F)C(F)(F)C(F)(F)C(F)(F)C(F)(F)C(F)(F)C(F)(F)C(F)(F)F. The van der Waals surface area contributed by atoms with Crippen LogP contribution in [0.25, 0.3) is 0 Å². The van der Waals surface area contributed by atoms with E-state index >= 15 is 0 Å². The average molecular weight is 1150 g/mol. The highest BCUT2D eigenvalue weighted by atomic mass is 31.2. The number of rotatable bonds is 18. The van der Waals surface area contributed by atoms with Gasteiger partial charge in [-0.25, -0.2) is 0 Å². The second-order valence-electron chi connectivity index (χ2n) is 12.3. The molecule has 0 unspecified atom stereocenters. The standard InChI is InChI=1S/C21F45OP/c22-1(23,4(28,29)10(40,41)16(52,53)54)7(34,35)13(46,47)19(61,62)68(67,20(63,64)14(48,49)8(36,37)2(24,25)5(30,31)11(42,43)17(55,56)57)21(65,66)15(50,51)9(38,39)3(26,27)6(32,33)12(44,45)18(58,59)60. The van der Waals surface area contributed by atoms with Gasteiger partial charge in [0, 0.05) is 0 Å². The maximum Gasteiger partial charge on any atom is 0.460 e. The third kappa shape index (κ3) is 7.02. The summed E-state index contributed by atoms with van der Waals surface area (Å²) in [6.07, 6.45) is -26.6. The molecule has 0 aromatic rings. The van der Waals surface area contributed by atoms with Crippen LogP contribution in [0.3, 0.4) is 0 Å². The molecule has 0 aliphatic heterocycles. The zero-order valence-electron chi connectivity index (χ0n) is 28.4. The molecule has 0 aromatic heterocycles. The minimum Gasteiger partial charge on any atom is -0.304 e. The summed E-state index contributed by atoms with van der Waals surface area (Å²) >= 11 is 0. The molecule has 0 amide bonds. The van der Waals surface area contributed by atoms with E-state index in [1.165, 1.54) is 0 Å². The van der Waals surface area contributed by atoms with Gasteiger partial charge in [-0.15, -0.1) is 0 Å². The van der Waals surface area contributed by atoms with Crippen LogP contribution in [0.1, 0.15) is 0 Å². The molecule has 0 fully saturated rings. The molecule has 0 aliphatic rings. The van der Waals surface area contributed by atoms with Gasteiger partial charge in [-0.1, -0.05) is 0 Å². The molecule has 410 valence electrons. The first kappa shape index (κ1) is 65.1. The van der Waals surface area contributed by atoms with Crippen LogP contribution >= 0.6 is 7.14 Å². The fourth-order valence-electron chi connectivity index (χ4n) is 4.00. The molecule has 0 saturated heterocycles. The zero-order valence-corrected chi connectivity index (χ0v) is 29.3. The van der Waals surface area contributed by atoms with E-state index in [9.17, 15) is 202 Å². The van der Waals surface area contributed by atoms with Gasteiger partial charge in [-0.3, -0.25) is 0 Å². The van der Waals surface area contributed by atoms with Crippen molar-refractivity contribution in [2.24, 2.45) is 0 Å². The lowest BCUT2D eigenvalue weighted by Gasteiger charge is -2.49. The molecule has 0 atom stereocenters. The van der Waals surface area contributed by atoms with Gasteiger partial charge in [0.1, 0.15) is 0 Å². The van der Waals surface area contributed by atoms with E-state index in [0.29, 0.717) is 0 Å². The Labute approximate surface area is 335 Å². The van der Waals surface area contributed by atoms with Crippen molar-refractivity contribution in [3.8, 4) is 0 Å². The van der Waals surface area contributed by atoms with Crippen LogP contribution in [-0.4, -0.2) is 124 Å². The Kier molecular flexibility index (Phi) is 14.6. The lowest BCUT2D eigenvalue weighted by molar-refractivity contribution is -0.453. The first-order chi connectivity index (χ1) is 28.2. The van der Waals surface area contributed by atoms with Crippen LogP contribution in [0, 0.1) is 0 Å². The lowest BCUT2D eigenvalue weighted by atomic mass is 9.93. The summed E-state index contributed by atoms with van der Waals surface area (Å²) in [4.78, 5) is 0. The smallest absolute Gasteiger partial charge is 0.304 e. The van der Waals surface area contributed by atoms with Gasteiger partial charge in [0.2, 0.25) is 0 Å². The van der Waals surface area contributed by atoms with Crippen LogP contribution in [0.2, 0.25) is 0 Å². The van der Waals surface area contributed by atoms with Gasteiger partial charge in [0.15, 0.2) is 0 Å². The highest BCUT2D eigenvalue weighted by Gasteiger charge is 3.06. The molecule has 0 heterocycles. The molecular formula is C21F45OP. The van der Waals surface area contributed by atoms with E-state index in [4.69, 9.17) is 0 Å². The number of halogens is 45. The summed E-state index contributed by atoms with van der Waals surface area (Å²) in [6.45, 7) is 0. The monoisotopic (exact) mass is 1150 g/mol. The fourth-order valence-corrected chi connectivity index (χ4v) is 6.66. The van der Waals surface area contributed by atoms with Crippen LogP contribution in [-0.2, 0) is 4.57 Å². The van der Waals surface area contributed by atoms with Crippen molar-refractivity contribution in [1.29, 1.82) is 0 Å². The predicted octanol–water partition coefficient (Wildman–Crippen LogP) is 15.3. The van der Waals surface area contributed by atoms with Crippen molar-refractivity contribution in [2.45, 2.75) is 124 Å². The van der Waals surface area contributed by atoms with Crippen LogP contribution in [0.4, 0.5) is 198 Å². The Morgan fingerprint density at radius 1 is 0.147 bits per heavy atom. The Hall–Kier alpha value is -2.92. The van der Waals surface area contributed by atoms with E-state index in [1.54, 1.807) is 0 Å². The average Bonchev–Trinajstić information content (AvgIpc) is 3.07. The quantitative estimate of drug-likeness (QED) is 0.0987. The molecule has 0 saturated carbocycles. The van der Waals surface area contributed by atoms with Crippen LogP contribution in [0.5, 0.6) is 0 Å². The van der Waals surface area contributed by atoms with Crippen LogP contribution in [0.15, 0.2) is 0 Å². The molecule has 0 radical (unpaired) electrons. The highest BCUT2D eigenvalue weighted by Crippen LogP contribution is 2.89. The van der Waals surface area contributed by atoms with Crippen molar-refractivity contribution >= 4 is 7.14 Å². The summed E-state index contributed by atoms with van der Waals surface area (Å²) in [5.74, 6) is -157. The van der Waals surface area contributed by atoms with Crippen LogP contribution < -0.4 is 0 Å². The van der Waals surface area contributed by atoms with Crippen molar-refractivity contribution in [3.05, 3.63) is 0 Å². The second kappa shape index (κ2) is 15.3. The van der Waals surface area contributed by atoms with E-state index in [0.717, 1.165) is 0 Å². The Morgan fingerprint density at radius 3 is 0.338 bits per heavy atom. The maximum absolute atomic E-state index is 15.0. The molecule has 0 bridgehead atoms. The molecule has 47 heteroatoms. The topological polar surface area (TPSA) is 17.1 Å². The normalized spacial score (nSPS) is 17.5. The summed E-state index contributed by atoms with van der Waals surface area (Å²) in [5.41, 5.74) is -35.2. The van der Waals surface area contributed by atoms with Gasteiger partial charge in [-0.2, -0.15) is 198 Å². The molecule has 0 rings (SSSR count). The van der Waals surface area contributed by atoms with Crippen molar-refractivity contribution in [1.82, 2.24) is 0 Å². The Morgan fingerprint density at radius 2 is 0.235 bits per heavy atom. The molecule has 0 aromatic carbocycles. The summed E-state index contributed by atoms with van der Waals surface area (Å²) in [5, 5.41) is 0. The molecule has 68 heavy (non-hydrogen) atoms. The first-order valence-electron chi connectivity index (χ1n) is 13.9. The van der Waals surface area contributed by atoms with E-state index in [1.807, 2.05) is 0 Å². The minimum atomic E-state index is -14.2. The largest absolute Gasteiger partial charge is 0.460 e. The molecule has 0 spiro atoms. The third-order valence-electron chi connectivity index (χ3n) is 8.12. The van der Waals surface area contributed by atoms with Gasteiger partial charge >= 0.3 is 131 Å². The summed E-state index contributed by atoms with van der Waals surface area (Å²) in [7, 11) is -14.2. The molecule has 0 aliphatic carbocycles. The molecule has 0 N–H and O–H groups in total. The van der Waals surface area contributed by atoms with E-state index < -0.39 is 131 Å². The van der Waals surface area contributed by atoms with E-state index in [-0.39, 0.29) is 0 Å². The van der Waals surface area contributed by atoms with Gasteiger partial charge in [0.25, 0.3) is 0 Å². The minimum absolute atomic E-state index is 8.88. The maximum atomic E-state index is 15.0. The summed E-state index contributed by atoms with van der Waals surface area (Å²) in [6, 6.07) is 0. The van der Waals surface area contributed by atoms with Crippen molar-refractivity contribution in [3.63, 3.8) is 0 Å². The number of hydrogen-bond donors (Lipinski definition) is 0. The van der Waals surface area contributed by atoms with E-state index in [2.05, 4.69) is 0 Å². The zero-order chi connectivity index (χ0) is 57.0. The summed E-state index contributed by atoms with van der Waals surface area (Å²) < 4.78 is 627. The van der Waals surface area contributed by atoms with Crippen molar-refractivity contribution in [2.75, 3.05) is 0 Å². The second-order valence-corrected chi connectivity index (χ2v) is 15.2. The third-order valence-corrected chi connectivity index (χ3v) is 11.3. The van der Waals surface area contributed by atoms with Gasteiger partial charge in [0.05, 0.1) is 0 Å². The number of alkyl halides is 45. The lowest BCUT2D eigenvalue weighted by Crippen LogP contribution is -2.76. The molecule has 1 nitrogen and oxygen atoms in total. The van der Waals surface area contributed by atoms with Gasteiger partial charge in [-0.05, 0) is 0 Å². The van der Waals surface area contributed by atoms with Gasteiger partial charge < -0.3 is 4.57 Å².